The Morgan fingerprint density at radius 2 is 0.980 bits per heavy atom. The van der Waals surface area contributed by atoms with Crippen LogP contribution in [0.2, 0.25) is 0 Å². The topological polar surface area (TPSA) is 56.7 Å². The van der Waals surface area contributed by atoms with E-state index in [-0.39, 0.29) is 0 Å². The highest BCUT2D eigenvalue weighted by molar-refractivity contribution is 7.27. The first kappa shape index (κ1) is 28.2. The van der Waals surface area contributed by atoms with E-state index >= 15 is 0 Å². The van der Waals surface area contributed by atoms with Gasteiger partial charge in [0.05, 0.1) is 26.1 Å². The van der Waals surface area contributed by atoms with E-state index in [1.807, 2.05) is 72.8 Å². The molecule has 0 aliphatic heterocycles. The number of benzene rings is 7. The molecule has 51 heavy (non-hydrogen) atoms. The largest absolute Gasteiger partial charge is 0.455 e. The zero-order valence-electron chi connectivity index (χ0n) is 27.1. The molecular weight excluding hydrogens is 645 g/mol. The number of hydrogen-bond donors (Lipinski definition) is 0. The molecular formula is C45H26N4OS. The molecule has 11 aromatic rings. The van der Waals surface area contributed by atoms with Crippen LogP contribution in [-0.2, 0) is 0 Å². The average molecular weight is 671 g/mol. The minimum absolute atomic E-state index is 0.612. The maximum absolute atomic E-state index is 6.79. The van der Waals surface area contributed by atoms with Crippen molar-refractivity contribution in [3.8, 4) is 39.9 Å². The predicted octanol–water partition coefficient (Wildman–Crippen LogP) is 12.2. The average Bonchev–Trinajstić information content (AvgIpc) is 3.88. The van der Waals surface area contributed by atoms with Crippen LogP contribution in [0.4, 0.5) is 0 Å². The van der Waals surface area contributed by atoms with Gasteiger partial charge >= 0.3 is 0 Å². The van der Waals surface area contributed by atoms with Crippen LogP contribution in [0.25, 0.3) is 104 Å². The fourth-order valence-electron chi connectivity index (χ4n) is 7.60. The molecule has 7 aromatic carbocycles. The Balaban J connectivity index is 1.16. The Labute approximate surface area is 295 Å². The summed E-state index contributed by atoms with van der Waals surface area (Å²) in [7, 11) is 0. The Morgan fingerprint density at radius 3 is 1.67 bits per heavy atom. The summed E-state index contributed by atoms with van der Waals surface area (Å²) in [6.07, 6.45) is 0. The van der Waals surface area contributed by atoms with Crippen molar-refractivity contribution < 1.29 is 4.42 Å². The van der Waals surface area contributed by atoms with Crippen LogP contribution in [-0.4, -0.2) is 19.5 Å². The Morgan fingerprint density at radius 1 is 0.431 bits per heavy atom. The molecule has 0 amide bonds. The molecule has 0 fully saturated rings. The summed E-state index contributed by atoms with van der Waals surface area (Å²) in [6, 6.07) is 54.8. The third-order valence-electron chi connectivity index (χ3n) is 9.87. The van der Waals surface area contributed by atoms with Crippen molar-refractivity contribution in [1.82, 2.24) is 19.5 Å². The van der Waals surface area contributed by atoms with Crippen LogP contribution >= 0.6 is 11.3 Å². The van der Waals surface area contributed by atoms with Gasteiger partial charge < -0.3 is 8.98 Å². The summed E-state index contributed by atoms with van der Waals surface area (Å²) >= 11 is 1.79. The molecule has 4 aromatic heterocycles. The standard InChI is InChI=1S/C45H26N4OS/c1-3-13-27(14-4-1)43-46-44(28-15-5-2-6-16-28)48-45(47-43)34-20-12-24-38-39(34)33-26-25-32-31-19-11-23-37(41(31)51-42(32)40(33)50-38)49-35-21-9-7-17-29(35)30-18-8-10-22-36(30)49/h1-26H. The molecule has 6 heteroatoms. The van der Waals surface area contributed by atoms with Crippen LogP contribution in [0.1, 0.15) is 0 Å². The van der Waals surface area contributed by atoms with Gasteiger partial charge in [-0.1, -0.05) is 127 Å². The van der Waals surface area contributed by atoms with E-state index in [1.54, 1.807) is 11.3 Å². The molecule has 0 N–H and O–H groups in total. The van der Waals surface area contributed by atoms with Crippen LogP contribution in [0.3, 0.4) is 0 Å². The zero-order chi connectivity index (χ0) is 33.5. The van der Waals surface area contributed by atoms with Crippen molar-refractivity contribution in [2.75, 3.05) is 0 Å². The number of fused-ring (bicyclic) bond motifs is 10. The second-order valence-corrected chi connectivity index (χ2v) is 13.8. The minimum atomic E-state index is 0.612. The summed E-state index contributed by atoms with van der Waals surface area (Å²) in [6.45, 7) is 0. The van der Waals surface area contributed by atoms with Gasteiger partial charge in [0, 0.05) is 49.0 Å². The molecule has 5 nitrogen and oxygen atoms in total. The quantitative estimate of drug-likeness (QED) is 0.187. The van der Waals surface area contributed by atoms with Crippen molar-refractivity contribution in [3.05, 3.63) is 158 Å². The Hall–Kier alpha value is -6.63. The number of para-hydroxylation sites is 2. The van der Waals surface area contributed by atoms with Crippen LogP contribution in [0, 0.1) is 0 Å². The van der Waals surface area contributed by atoms with E-state index in [1.165, 1.54) is 43.0 Å². The molecule has 238 valence electrons. The summed E-state index contributed by atoms with van der Waals surface area (Å²) in [5, 5.41) is 6.95. The fourth-order valence-corrected chi connectivity index (χ4v) is 8.89. The second kappa shape index (κ2) is 10.9. The van der Waals surface area contributed by atoms with E-state index in [0.29, 0.717) is 17.5 Å². The van der Waals surface area contributed by atoms with E-state index in [9.17, 15) is 0 Å². The molecule has 0 bridgehead atoms. The maximum Gasteiger partial charge on any atom is 0.164 e. The van der Waals surface area contributed by atoms with Gasteiger partial charge in [0.25, 0.3) is 0 Å². The Kier molecular flexibility index (Phi) is 6.05. The van der Waals surface area contributed by atoms with Crippen molar-refractivity contribution in [2.24, 2.45) is 0 Å². The fraction of sp³-hybridized carbons (Fsp3) is 0. The highest BCUT2D eigenvalue weighted by atomic mass is 32.1. The van der Waals surface area contributed by atoms with E-state index in [4.69, 9.17) is 19.4 Å². The SMILES string of the molecule is c1ccc(-c2nc(-c3ccccc3)nc(-c3cccc4oc5c(ccc6c7cccc(-n8c9ccccc9c9ccccc98)c7sc65)c34)n2)cc1. The number of furan rings is 1. The second-order valence-electron chi connectivity index (χ2n) is 12.8. The smallest absolute Gasteiger partial charge is 0.164 e. The lowest BCUT2D eigenvalue weighted by molar-refractivity contribution is 0.673. The van der Waals surface area contributed by atoms with Crippen LogP contribution < -0.4 is 0 Å². The molecule has 0 unspecified atom stereocenters. The molecule has 0 aliphatic rings. The molecule has 4 heterocycles. The zero-order valence-corrected chi connectivity index (χ0v) is 27.9. The first-order valence-electron chi connectivity index (χ1n) is 17.0. The number of rotatable bonds is 4. The first-order chi connectivity index (χ1) is 25.3. The highest BCUT2D eigenvalue weighted by Crippen LogP contribution is 2.46. The van der Waals surface area contributed by atoms with E-state index < -0.39 is 0 Å². The summed E-state index contributed by atoms with van der Waals surface area (Å²) in [4.78, 5) is 15.0. The Bertz CT molecular complexity index is 3030. The first-order valence-corrected chi connectivity index (χ1v) is 17.8. The predicted molar refractivity (Wildman–Crippen MR) is 211 cm³/mol. The lowest BCUT2D eigenvalue weighted by Crippen LogP contribution is -2.00. The molecule has 0 radical (unpaired) electrons. The summed E-state index contributed by atoms with van der Waals surface area (Å²) in [5.74, 6) is 1.88. The van der Waals surface area contributed by atoms with E-state index in [2.05, 4.69) is 89.5 Å². The van der Waals surface area contributed by atoms with E-state index in [0.717, 1.165) is 43.3 Å². The molecule has 0 saturated carbocycles. The number of aromatic nitrogens is 4. The summed E-state index contributed by atoms with van der Waals surface area (Å²) < 4.78 is 11.6. The van der Waals surface area contributed by atoms with Crippen LogP contribution in [0.15, 0.2) is 162 Å². The van der Waals surface area contributed by atoms with Gasteiger partial charge in [0.2, 0.25) is 0 Å². The number of nitrogens with zero attached hydrogens (tertiary/aromatic N) is 4. The molecule has 0 spiro atoms. The third-order valence-corrected chi connectivity index (χ3v) is 11.1. The highest BCUT2D eigenvalue weighted by Gasteiger charge is 2.22. The van der Waals surface area contributed by atoms with Crippen LogP contribution in [0.5, 0.6) is 0 Å². The summed E-state index contributed by atoms with van der Waals surface area (Å²) in [5.41, 5.74) is 8.04. The van der Waals surface area contributed by atoms with Crippen molar-refractivity contribution >= 4 is 75.3 Å². The van der Waals surface area contributed by atoms with Gasteiger partial charge in [-0.15, -0.1) is 11.3 Å². The lowest BCUT2D eigenvalue weighted by atomic mass is 10.0. The molecule has 11 rings (SSSR count). The monoisotopic (exact) mass is 670 g/mol. The number of hydrogen-bond acceptors (Lipinski definition) is 5. The van der Waals surface area contributed by atoms with Gasteiger partial charge in [0.1, 0.15) is 5.58 Å². The van der Waals surface area contributed by atoms with Gasteiger partial charge in [0.15, 0.2) is 23.1 Å². The van der Waals surface area contributed by atoms with Gasteiger partial charge in [-0.25, -0.2) is 15.0 Å². The third kappa shape index (κ3) is 4.24. The normalized spacial score (nSPS) is 11.9. The van der Waals surface area contributed by atoms with Crippen molar-refractivity contribution in [3.63, 3.8) is 0 Å². The molecule has 0 saturated heterocycles. The van der Waals surface area contributed by atoms with Gasteiger partial charge in [-0.2, -0.15) is 0 Å². The van der Waals surface area contributed by atoms with Crippen molar-refractivity contribution in [1.29, 1.82) is 0 Å². The maximum atomic E-state index is 6.79. The van der Waals surface area contributed by atoms with Crippen molar-refractivity contribution in [2.45, 2.75) is 0 Å². The molecule has 0 aliphatic carbocycles. The lowest BCUT2D eigenvalue weighted by Gasteiger charge is -2.09. The van der Waals surface area contributed by atoms with Gasteiger partial charge in [-0.05, 0) is 30.3 Å². The number of thiophene rings is 1. The minimum Gasteiger partial charge on any atom is -0.455 e. The molecule has 0 atom stereocenters. The van der Waals surface area contributed by atoms with Gasteiger partial charge in [-0.3, -0.25) is 0 Å².